The van der Waals surface area contributed by atoms with Crippen LogP contribution in [0.3, 0.4) is 0 Å². The molecule has 110 valence electrons. The van der Waals surface area contributed by atoms with Crippen LogP contribution in [0.15, 0.2) is 30.3 Å². The van der Waals surface area contributed by atoms with Crippen molar-refractivity contribution in [2.45, 2.75) is 39.4 Å². The second-order valence-corrected chi connectivity index (χ2v) is 6.92. The van der Waals surface area contributed by atoms with Gasteiger partial charge in [-0.05, 0) is 43.0 Å². The van der Waals surface area contributed by atoms with E-state index >= 15 is 0 Å². The normalized spacial score (nSPS) is 17.3. The Morgan fingerprint density at radius 2 is 2.10 bits per heavy atom. The van der Waals surface area contributed by atoms with E-state index in [1.54, 1.807) is 11.3 Å². The molecule has 21 heavy (non-hydrogen) atoms. The molecule has 4 heteroatoms. The van der Waals surface area contributed by atoms with Crippen molar-refractivity contribution >= 4 is 17.2 Å². The lowest BCUT2D eigenvalue weighted by Crippen LogP contribution is -2.47. The quantitative estimate of drug-likeness (QED) is 0.915. The minimum atomic E-state index is -0.123. The first-order valence-corrected chi connectivity index (χ1v) is 8.09. The first-order chi connectivity index (χ1) is 10.1. The highest BCUT2D eigenvalue weighted by Gasteiger charge is 2.23. The average molecular weight is 300 g/mol. The van der Waals surface area contributed by atoms with E-state index in [0.717, 1.165) is 13.0 Å². The van der Waals surface area contributed by atoms with Crippen LogP contribution in [0.25, 0.3) is 0 Å². The number of thiophene rings is 1. The molecule has 1 aliphatic heterocycles. The molecular formula is C17H20N2OS. The number of rotatable bonds is 3. The molecule has 0 radical (unpaired) electrons. The van der Waals surface area contributed by atoms with Gasteiger partial charge in [-0.15, -0.1) is 11.3 Å². The van der Waals surface area contributed by atoms with Crippen LogP contribution < -0.4 is 10.6 Å². The summed E-state index contributed by atoms with van der Waals surface area (Å²) in [4.78, 5) is 14.8. The molecule has 0 spiro atoms. The van der Waals surface area contributed by atoms with Gasteiger partial charge in [-0.3, -0.25) is 4.79 Å². The number of fused-ring (bicyclic) bond motifs is 1. The molecule has 0 bridgehead atoms. The maximum absolute atomic E-state index is 12.3. The molecule has 1 atom stereocenters. The smallest absolute Gasteiger partial charge is 0.237 e. The van der Waals surface area contributed by atoms with Crippen molar-refractivity contribution in [3.8, 4) is 0 Å². The summed E-state index contributed by atoms with van der Waals surface area (Å²) in [5, 5.41) is 6.37. The molecule has 3 nitrogen and oxygen atoms in total. The number of nitrogens with one attached hydrogen (secondary N) is 2. The van der Waals surface area contributed by atoms with Gasteiger partial charge in [-0.1, -0.05) is 24.3 Å². The Morgan fingerprint density at radius 3 is 2.81 bits per heavy atom. The van der Waals surface area contributed by atoms with Gasteiger partial charge in [0.1, 0.15) is 0 Å². The predicted octanol–water partition coefficient (Wildman–Crippen LogP) is 2.70. The van der Waals surface area contributed by atoms with Crippen LogP contribution in [-0.2, 0) is 24.3 Å². The zero-order valence-electron chi connectivity index (χ0n) is 12.4. The van der Waals surface area contributed by atoms with Gasteiger partial charge in [0, 0.05) is 16.3 Å². The maximum atomic E-state index is 12.3. The fourth-order valence-corrected chi connectivity index (χ4v) is 3.67. The average Bonchev–Trinajstić information content (AvgIpc) is 2.83. The van der Waals surface area contributed by atoms with Gasteiger partial charge in [0.2, 0.25) is 5.91 Å². The Hall–Kier alpha value is -1.65. The van der Waals surface area contributed by atoms with E-state index in [1.165, 1.54) is 26.4 Å². The Kier molecular flexibility index (Phi) is 4.08. The van der Waals surface area contributed by atoms with Crippen molar-refractivity contribution in [3.63, 3.8) is 0 Å². The van der Waals surface area contributed by atoms with Crippen molar-refractivity contribution in [3.05, 3.63) is 56.8 Å². The number of carbonyl (C=O) groups is 1. The summed E-state index contributed by atoms with van der Waals surface area (Å²) in [6.07, 6.45) is 0.768. The summed E-state index contributed by atoms with van der Waals surface area (Å²) in [6.45, 7) is 5.62. The van der Waals surface area contributed by atoms with Crippen LogP contribution in [0.1, 0.15) is 26.4 Å². The first kappa shape index (κ1) is 14.3. The second kappa shape index (κ2) is 6.00. The second-order valence-electron chi connectivity index (χ2n) is 5.58. The number of benzene rings is 1. The molecule has 3 rings (SSSR count). The Labute approximate surface area is 129 Å². The summed E-state index contributed by atoms with van der Waals surface area (Å²) in [7, 11) is 0. The van der Waals surface area contributed by atoms with E-state index in [-0.39, 0.29) is 11.9 Å². The van der Waals surface area contributed by atoms with E-state index in [0.29, 0.717) is 6.54 Å². The molecule has 0 saturated carbocycles. The monoisotopic (exact) mass is 300 g/mol. The Morgan fingerprint density at radius 1 is 1.33 bits per heavy atom. The molecule has 1 aromatic carbocycles. The van der Waals surface area contributed by atoms with Gasteiger partial charge >= 0.3 is 0 Å². The molecular weight excluding hydrogens is 280 g/mol. The van der Waals surface area contributed by atoms with Crippen LogP contribution in [0.5, 0.6) is 0 Å². The van der Waals surface area contributed by atoms with E-state index in [1.807, 2.05) is 12.1 Å². The molecule has 0 saturated heterocycles. The maximum Gasteiger partial charge on any atom is 0.237 e. The predicted molar refractivity (Wildman–Crippen MR) is 86.4 cm³/mol. The van der Waals surface area contributed by atoms with Gasteiger partial charge in [0.25, 0.3) is 0 Å². The third-order valence-electron chi connectivity index (χ3n) is 4.05. The third kappa shape index (κ3) is 3.17. The fourth-order valence-electron chi connectivity index (χ4n) is 2.67. The molecule has 2 heterocycles. The van der Waals surface area contributed by atoms with Gasteiger partial charge in [0.05, 0.1) is 12.6 Å². The lowest BCUT2D eigenvalue weighted by molar-refractivity contribution is -0.123. The van der Waals surface area contributed by atoms with Gasteiger partial charge < -0.3 is 10.6 Å². The molecule has 0 fully saturated rings. The highest BCUT2D eigenvalue weighted by molar-refractivity contribution is 7.12. The molecule has 1 amide bonds. The van der Waals surface area contributed by atoms with Crippen molar-refractivity contribution in [2.75, 3.05) is 0 Å². The van der Waals surface area contributed by atoms with Crippen LogP contribution in [-0.4, -0.2) is 11.9 Å². The van der Waals surface area contributed by atoms with Crippen molar-refractivity contribution in [2.24, 2.45) is 0 Å². The van der Waals surface area contributed by atoms with E-state index in [4.69, 9.17) is 0 Å². The van der Waals surface area contributed by atoms with Crippen LogP contribution in [0.4, 0.5) is 0 Å². The lowest BCUT2D eigenvalue weighted by Gasteiger charge is -2.25. The number of carbonyl (C=O) groups excluding carboxylic acids is 1. The van der Waals surface area contributed by atoms with Gasteiger partial charge in [-0.2, -0.15) is 0 Å². The van der Waals surface area contributed by atoms with E-state index in [9.17, 15) is 4.79 Å². The lowest BCUT2D eigenvalue weighted by atomic mass is 9.95. The van der Waals surface area contributed by atoms with E-state index in [2.05, 4.69) is 42.7 Å². The topological polar surface area (TPSA) is 41.1 Å². The zero-order chi connectivity index (χ0) is 14.8. The highest BCUT2D eigenvalue weighted by Crippen LogP contribution is 2.20. The summed E-state index contributed by atoms with van der Waals surface area (Å²) in [5.74, 6) is 0.0909. The molecule has 1 aliphatic rings. The number of hydrogen-bond acceptors (Lipinski definition) is 3. The van der Waals surface area contributed by atoms with Gasteiger partial charge in [0.15, 0.2) is 0 Å². The molecule has 2 aromatic rings. The Balaban J connectivity index is 1.59. The molecule has 2 N–H and O–H groups in total. The largest absolute Gasteiger partial charge is 0.350 e. The summed E-state index contributed by atoms with van der Waals surface area (Å²) in [5.41, 5.74) is 3.87. The minimum Gasteiger partial charge on any atom is -0.350 e. The van der Waals surface area contributed by atoms with Gasteiger partial charge in [-0.25, -0.2) is 0 Å². The molecule has 0 aliphatic carbocycles. The van der Waals surface area contributed by atoms with E-state index < -0.39 is 0 Å². The summed E-state index contributed by atoms with van der Waals surface area (Å²) < 4.78 is 0. The highest BCUT2D eigenvalue weighted by atomic mass is 32.1. The molecule has 1 aromatic heterocycles. The number of amides is 1. The Bertz CT molecular complexity index is 643. The molecule has 0 unspecified atom stereocenters. The SMILES string of the molecule is Cc1cc(CNC(=O)[C@H]2Cc3ccccc3CN2)sc1C. The van der Waals surface area contributed by atoms with Crippen molar-refractivity contribution < 1.29 is 4.79 Å². The van der Waals surface area contributed by atoms with Crippen molar-refractivity contribution in [1.29, 1.82) is 0 Å². The van der Waals surface area contributed by atoms with Crippen LogP contribution in [0.2, 0.25) is 0 Å². The van der Waals surface area contributed by atoms with Crippen molar-refractivity contribution in [1.82, 2.24) is 10.6 Å². The number of aryl methyl sites for hydroxylation is 2. The van der Waals surface area contributed by atoms with Crippen LogP contribution in [0, 0.1) is 13.8 Å². The number of hydrogen-bond donors (Lipinski definition) is 2. The summed E-state index contributed by atoms with van der Waals surface area (Å²) >= 11 is 1.76. The third-order valence-corrected chi connectivity index (χ3v) is 5.20. The standard InChI is InChI=1S/C17H20N2OS/c1-11-7-15(21-12(11)2)10-19-17(20)16-8-13-5-3-4-6-14(13)9-18-16/h3-7,16,18H,8-10H2,1-2H3,(H,19,20)/t16-/m1/s1. The van der Waals surface area contributed by atoms with Crippen LogP contribution >= 0.6 is 11.3 Å². The zero-order valence-corrected chi connectivity index (χ0v) is 13.2. The first-order valence-electron chi connectivity index (χ1n) is 7.27. The summed E-state index contributed by atoms with van der Waals surface area (Å²) in [6, 6.07) is 10.3. The minimum absolute atomic E-state index is 0.0909. The fraction of sp³-hybridized carbons (Fsp3) is 0.353.